The molecule has 0 unspecified atom stereocenters. The molecule has 0 spiro atoms. The van der Waals surface area contributed by atoms with E-state index < -0.39 is 0 Å². The zero-order valence-corrected chi connectivity index (χ0v) is 7.36. The van der Waals surface area contributed by atoms with E-state index in [1.54, 1.807) is 12.1 Å². The Labute approximate surface area is 73.2 Å². The van der Waals surface area contributed by atoms with Crippen molar-refractivity contribution in [3.63, 3.8) is 0 Å². The predicted molar refractivity (Wildman–Crippen MR) is 47.7 cm³/mol. The van der Waals surface area contributed by atoms with Gasteiger partial charge in [-0.3, -0.25) is 0 Å². The summed E-state index contributed by atoms with van der Waals surface area (Å²) in [6, 6.07) is 4.47. The standard InChI is InChI=1S/C9H6BrF/c1-2-3-7-4-5-8(11)6-9(7)10/h3-6H,1H2. The summed E-state index contributed by atoms with van der Waals surface area (Å²) in [5.41, 5.74) is 3.49. The molecule has 56 valence electrons. The van der Waals surface area contributed by atoms with E-state index in [1.807, 2.05) is 0 Å². The molecule has 0 heterocycles. The maximum Gasteiger partial charge on any atom is 0.124 e. The van der Waals surface area contributed by atoms with E-state index in [2.05, 4.69) is 28.2 Å². The molecule has 0 nitrogen and oxygen atoms in total. The first-order valence-corrected chi connectivity index (χ1v) is 3.84. The lowest BCUT2D eigenvalue weighted by molar-refractivity contribution is 0.627. The summed E-state index contributed by atoms with van der Waals surface area (Å²) in [6.07, 6.45) is 1.68. The van der Waals surface area contributed by atoms with Crippen molar-refractivity contribution in [1.82, 2.24) is 0 Å². The van der Waals surface area contributed by atoms with Crippen LogP contribution < -0.4 is 0 Å². The average molecular weight is 213 g/mol. The van der Waals surface area contributed by atoms with Gasteiger partial charge in [0.25, 0.3) is 0 Å². The highest BCUT2D eigenvalue weighted by Gasteiger charge is 1.96. The van der Waals surface area contributed by atoms with Crippen LogP contribution in [0, 0.1) is 5.82 Å². The van der Waals surface area contributed by atoms with Crippen molar-refractivity contribution < 1.29 is 4.39 Å². The van der Waals surface area contributed by atoms with Gasteiger partial charge in [-0.1, -0.05) is 28.6 Å². The Balaban J connectivity index is 3.19. The molecule has 1 aromatic carbocycles. The van der Waals surface area contributed by atoms with E-state index in [1.165, 1.54) is 12.1 Å². The summed E-state index contributed by atoms with van der Waals surface area (Å²) in [7, 11) is 0. The van der Waals surface area contributed by atoms with E-state index in [0.29, 0.717) is 4.47 Å². The highest BCUT2D eigenvalue weighted by molar-refractivity contribution is 9.10. The quantitative estimate of drug-likeness (QED) is 0.627. The van der Waals surface area contributed by atoms with Gasteiger partial charge in [-0.05, 0) is 23.8 Å². The highest BCUT2D eigenvalue weighted by atomic mass is 79.9. The maximum absolute atomic E-state index is 12.5. The number of hydrogen-bond donors (Lipinski definition) is 0. The van der Waals surface area contributed by atoms with Crippen LogP contribution >= 0.6 is 15.9 Å². The smallest absolute Gasteiger partial charge is 0.124 e. The van der Waals surface area contributed by atoms with Crippen molar-refractivity contribution in [2.24, 2.45) is 0 Å². The van der Waals surface area contributed by atoms with Crippen molar-refractivity contribution in [2.45, 2.75) is 0 Å². The van der Waals surface area contributed by atoms with Gasteiger partial charge in [0, 0.05) is 4.47 Å². The van der Waals surface area contributed by atoms with Gasteiger partial charge in [0.15, 0.2) is 0 Å². The largest absolute Gasteiger partial charge is 0.207 e. The van der Waals surface area contributed by atoms with Crippen LogP contribution in [0.2, 0.25) is 0 Å². The van der Waals surface area contributed by atoms with E-state index in [4.69, 9.17) is 0 Å². The zero-order valence-electron chi connectivity index (χ0n) is 5.77. The van der Waals surface area contributed by atoms with E-state index >= 15 is 0 Å². The van der Waals surface area contributed by atoms with E-state index in [0.717, 1.165) is 5.56 Å². The van der Waals surface area contributed by atoms with Gasteiger partial charge in [0.1, 0.15) is 5.82 Å². The summed E-state index contributed by atoms with van der Waals surface area (Å²) in [4.78, 5) is 0. The zero-order chi connectivity index (χ0) is 8.27. The first kappa shape index (κ1) is 8.25. The number of benzene rings is 1. The minimum absolute atomic E-state index is 0.252. The molecule has 0 saturated carbocycles. The van der Waals surface area contributed by atoms with Crippen molar-refractivity contribution in [1.29, 1.82) is 0 Å². The van der Waals surface area contributed by atoms with Crippen molar-refractivity contribution in [3.05, 3.63) is 46.4 Å². The van der Waals surface area contributed by atoms with Gasteiger partial charge in [0.2, 0.25) is 0 Å². The van der Waals surface area contributed by atoms with Gasteiger partial charge >= 0.3 is 0 Å². The lowest BCUT2D eigenvalue weighted by atomic mass is 10.2. The maximum atomic E-state index is 12.5. The van der Waals surface area contributed by atoms with Crippen LogP contribution in [-0.4, -0.2) is 0 Å². The summed E-state index contributed by atoms with van der Waals surface area (Å²) >= 11 is 3.21. The van der Waals surface area contributed by atoms with Gasteiger partial charge < -0.3 is 0 Å². The van der Waals surface area contributed by atoms with Crippen LogP contribution in [0.5, 0.6) is 0 Å². The van der Waals surface area contributed by atoms with Crippen LogP contribution in [0.1, 0.15) is 5.56 Å². The van der Waals surface area contributed by atoms with Crippen molar-refractivity contribution >= 4 is 22.0 Å². The summed E-state index contributed by atoms with van der Waals surface area (Å²) in [6.45, 7) is 3.42. The third-order valence-electron chi connectivity index (χ3n) is 1.22. The Kier molecular flexibility index (Phi) is 2.64. The molecule has 0 aromatic heterocycles. The molecule has 2 heteroatoms. The molecule has 11 heavy (non-hydrogen) atoms. The molecule has 0 atom stereocenters. The normalized spacial score (nSPS) is 8.91. The monoisotopic (exact) mass is 212 g/mol. The third-order valence-corrected chi connectivity index (χ3v) is 1.91. The molecule has 0 saturated heterocycles. The molecule has 0 aliphatic carbocycles. The summed E-state index contributed by atoms with van der Waals surface area (Å²) < 4.78 is 13.2. The predicted octanol–water partition coefficient (Wildman–Crippen LogP) is 3.39. The van der Waals surface area contributed by atoms with Crippen molar-refractivity contribution in [3.8, 4) is 0 Å². The van der Waals surface area contributed by atoms with Gasteiger partial charge in [0.05, 0.1) is 0 Å². The minimum Gasteiger partial charge on any atom is -0.207 e. The fourth-order valence-corrected chi connectivity index (χ4v) is 1.19. The number of hydrogen-bond acceptors (Lipinski definition) is 0. The Bertz CT molecular complexity index is 311. The Morgan fingerprint density at radius 3 is 2.82 bits per heavy atom. The van der Waals surface area contributed by atoms with Crippen LogP contribution in [-0.2, 0) is 0 Å². The van der Waals surface area contributed by atoms with Crippen LogP contribution in [0.15, 0.2) is 35.0 Å². The van der Waals surface area contributed by atoms with Crippen LogP contribution in [0.4, 0.5) is 4.39 Å². The lowest BCUT2D eigenvalue weighted by Gasteiger charge is -1.95. The van der Waals surface area contributed by atoms with Gasteiger partial charge in [-0.2, -0.15) is 0 Å². The van der Waals surface area contributed by atoms with Crippen molar-refractivity contribution in [2.75, 3.05) is 0 Å². The molecule has 0 aliphatic heterocycles. The fourth-order valence-electron chi connectivity index (χ4n) is 0.729. The molecule has 0 N–H and O–H groups in total. The molecule has 1 rings (SSSR count). The molecule has 0 amide bonds. The first-order valence-electron chi connectivity index (χ1n) is 3.05. The lowest BCUT2D eigenvalue weighted by Crippen LogP contribution is -1.77. The average Bonchev–Trinajstić information content (AvgIpc) is 1.95. The fraction of sp³-hybridized carbons (Fsp3) is 0. The minimum atomic E-state index is -0.252. The SMILES string of the molecule is C=C=Cc1ccc(F)cc1Br. The Morgan fingerprint density at radius 2 is 2.27 bits per heavy atom. The summed E-state index contributed by atoms with van der Waals surface area (Å²) in [5, 5.41) is 0. The topological polar surface area (TPSA) is 0 Å². The van der Waals surface area contributed by atoms with E-state index in [9.17, 15) is 4.39 Å². The Hall–Kier alpha value is -0.850. The van der Waals surface area contributed by atoms with E-state index in [-0.39, 0.29) is 5.82 Å². The molecule has 1 aromatic rings. The van der Waals surface area contributed by atoms with Gasteiger partial charge in [-0.25, -0.2) is 4.39 Å². The second-order valence-electron chi connectivity index (χ2n) is 2.01. The molecule has 0 fully saturated rings. The highest BCUT2D eigenvalue weighted by Crippen LogP contribution is 2.18. The van der Waals surface area contributed by atoms with Gasteiger partial charge in [-0.15, -0.1) is 5.73 Å². The second-order valence-corrected chi connectivity index (χ2v) is 2.87. The molecule has 0 bridgehead atoms. The number of rotatable bonds is 1. The molecular formula is C9H6BrF. The first-order chi connectivity index (χ1) is 5.24. The molecule has 0 radical (unpaired) electrons. The summed E-state index contributed by atoms with van der Waals surface area (Å²) in [5.74, 6) is -0.252. The molecular weight excluding hydrogens is 207 g/mol. The molecule has 0 aliphatic rings. The van der Waals surface area contributed by atoms with Crippen LogP contribution in [0.3, 0.4) is 0 Å². The third kappa shape index (κ3) is 2.04. The second kappa shape index (κ2) is 3.51. The number of halogens is 2. The van der Waals surface area contributed by atoms with Crippen LogP contribution in [0.25, 0.3) is 6.08 Å². The Morgan fingerprint density at radius 1 is 1.55 bits per heavy atom.